The minimum absolute atomic E-state index is 0.0646. The molecule has 0 spiro atoms. The molecule has 3 aromatic carbocycles. The number of rotatable bonds is 6. The van der Waals surface area contributed by atoms with Gasteiger partial charge in [0.1, 0.15) is 5.82 Å². The van der Waals surface area contributed by atoms with E-state index in [0.29, 0.717) is 31.6 Å². The maximum absolute atomic E-state index is 13.7. The molecule has 1 amide bonds. The second kappa shape index (κ2) is 9.28. The van der Waals surface area contributed by atoms with Gasteiger partial charge in [0.05, 0.1) is 22.2 Å². The van der Waals surface area contributed by atoms with E-state index in [4.69, 9.17) is 0 Å². The summed E-state index contributed by atoms with van der Waals surface area (Å²) in [5, 5.41) is 3.09. The van der Waals surface area contributed by atoms with Crippen LogP contribution < -0.4 is 5.32 Å². The quantitative estimate of drug-likeness (QED) is 0.416. The Hall–Kier alpha value is -3.49. The number of carbonyl (C=O) groups is 1. The van der Waals surface area contributed by atoms with Crippen LogP contribution >= 0.6 is 0 Å². The van der Waals surface area contributed by atoms with E-state index in [-0.39, 0.29) is 11.7 Å². The molecule has 35 heavy (non-hydrogen) atoms. The molecule has 1 aromatic heterocycles. The van der Waals surface area contributed by atoms with Crippen molar-refractivity contribution in [1.29, 1.82) is 0 Å². The molecule has 0 saturated carbocycles. The molecule has 1 fully saturated rings. The van der Waals surface area contributed by atoms with Crippen molar-refractivity contribution < 1.29 is 13.2 Å². The van der Waals surface area contributed by atoms with E-state index in [2.05, 4.69) is 15.3 Å². The highest BCUT2D eigenvalue weighted by molar-refractivity contribution is 7.89. The average Bonchev–Trinajstić information content (AvgIpc) is 3.34. The van der Waals surface area contributed by atoms with Crippen LogP contribution in [0.15, 0.2) is 78.9 Å². The first-order chi connectivity index (χ1) is 16.9. The normalized spacial score (nSPS) is 16.3. The fourth-order valence-corrected chi connectivity index (χ4v) is 5.89. The zero-order valence-electron chi connectivity index (χ0n) is 19.6. The lowest BCUT2D eigenvalue weighted by Crippen LogP contribution is -2.51. The molecule has 1 aliphatic heterocycles. The highest BCUT2D eigenvalue weighted by atomic mass is 32.2. The summed E-state index contributed by atoms with van der Waals surface area (Å²) in [7, 11) is -3.29. The van der Waals surface area contributed by atoms with Gasteiger partial charge in [-0.3, -0.25) is 4.79 Å². The van der Waals surface area contributed by atoms with E-state index in [1.165, 1.54) is 4.31 Å². The highest BCUT2D eigenvalue weighted by Gasteiger charge is 2.44. The SMILES string of the molecule is CCS(=O)(=O)N1CCC(C(=O)Nc2ccc(-c3nc4ccccc4[nH]3)cc2)(c2ccccc2)CC1. The van der Waals surface area contributed by atoms with Crippen LogP contribution in [0.3, 0.4) is 0 Å². The Morgan fingerprint density at radius 1 is 0.971 bits per heavy atom. The van der Waals surface area contributed by atoms with E-state index in [1.807, 2.05) is 78.9 Å². The Morgan fingerprint density at radius 3 is 2.29 bits per heavy atom. The third-order valence-electron chi connectivity index (χ3n) is 6.90. The first-order valence-electron chi connectivity index (χ1n) is 11.8. The van der Waals surface area contributed by atoms with E-state index >= 15 is 0 Å². The molecule has 2 heterocycles. The summed E-state index contributed by atoms with van der Waals surface area (Å²) in [4.78, 5) is 21.6. The zero-order chi connectivity index (χ0) is 24.5. The Bertz CT molecular complexity index is 1410. The van der Waals surface area contributed by atoms with Crippen molar-refractivity contribution in [3.63, 3.8) is 0 Å². The Balaban J connectivity index is 1.38. The number of H-pyrrole nitrogens is 1. The number of carbonyl (C=O) groups excluding carboxylic acids is 1. The lowest BCUT2D eigenvalue weighted by Gasteiger charge is -2.40. The van der Waals surface area contributed by atoms with Gasteiger partial charge in [0.2, 0.25) is 15.9 Å². The van der Waals surface area contributed by atoms with E-state index in [1.54, 1.807) is 6.92 Å². The van der Waals surface area contributed by atoms with Gasteiger partial charge in [-0.2, -0.15) is 0 Å². The molecule has 1 aliphatic rings. The number of piperidine rings is 1. The summed E-state index contributed by atoms with van der Waals surface area (Å²) in [6.07, 6.45) is 0.859. The second-order valence-corrected chi connectivity index (χ2v) is 11.1. The van der Waals surface area contributed by atoms with E-state index in [0.717, 1.165) is 28.0 Å². The van der Waals surface area contributed by atoms with Gasteiger partial charge < -0.3 is 10.3 Å². The van der Waals surface area contributed by atoms with Gasteiger partial charge >= 0.3 is 0 Å². The molecule has 180 valence electrons. The molecular weight excluding hydrogens is 460 g/mol. The van der Waals surface area contributed by atoms with Crippen molar-refractivity contribution in [2.24, 2.45) is 0 Å². The van der Waals surface area contributed by atoms with Gasteiger partial charge in [-0.05, 0) is 61.7 Å². The molecule has 4 aromatic rings. The maximum atomic E-state index is 13.7. The number of sulfonamides is 1. The van der Waals surface area contributed by atoms with E-state index in [9.17, 15) is 13.2 Å². The standard InChI is InChI=1S/C27H28N4O3S/c1-2-35(33,34)31-18-16-27(17-19-31,21-8-4-3-5-9-21)26(32)28-22-14-12-20(13-15-22)25-29-23-10-6-7-11-24(23)30-25/h3-15H,2,16-19H2,1H3,(H,28,32)(H,29,30). The number of imidazole rings is 1. The number of amides is 1. The number of para-hydroxylation sites is 2. The van der Waals surface area contributed by atoms with Crippen molar-refractivity contribution in [2.75, 3.05) is 24.2 Å². The monoisotopic (exact) mass is 488 g/mol. The van der Waals surface area contributed by atoms with Gasteiger partial charge in [0, 0.05) is 24.3 Å². The molecule has 0 unspecified atom stereocenters. The molecule has 7 nitrogen and oxygen atoms in total. The number of nitrogens with one attached hydrogen (secondary N) is 2. The van der Waals surface area contributed by atoms with Crippen LogP contribution in [0, 0.1) is 0 Å². The fourth-order valence-electron chi connectivity index (χ4n) is 4.78. The molecular formula is C27H28N4O3S. The first kappa shape index (κ1) is 23.3. The molecule has 8 heteroatoms. The van der Waals surface area contributed by atoms with Crippen molar-refractivity contribution in [3.8, 4) is 11.4 Å². The van der Waals surface area contributed by atoms with Crippen LogP contribution in [0.4, 0.5) is 5.69 Å². The number of hydrogen-bond donors (Lipinski definition) is 2. The third-order valence-corrected chi connectivity index (χ3v) is 8.78. The number of aromatic nitrogens is 2. The lowest BCUT2D eigenvalue weighted by atomic mass is 9.72. The van der Waals surface area contributed by atoms with Gasteiger partial charge in [-0.25, -0.2) is 17.7 Å². The van der Waals surface area contributed by atoms with Crippen molar-refractivity contribution in [1.82, 2.24) is 14.3 Å². The van der Waals surface area contributed by atoms with Crippen molar-refractivity contribution in [3.05, 3.63) is 84.4 Å². The van der Waals surface area contributed by atoms with Crippen LogP contribution in [-0.4, -0.2) is 47.4 Å². The number of hydrogen-bond acceptors (Lipinski definition) is 4. The molecule has 0 radical (unpaired) electrons. The summed E-state index contributed by atoms with van der Waals surface area (Å²) in [6.45, 7) is 2.29. The van der Waals surface area contributed by atoms with Gasteiger partial charge in [0.15, 0.2) is 0 Å². The predicted octanol–water partition coefficient (Wildman–Crippen LogP) is 4.55. The summed E-state index contributed by atoms with van der Waals surface area (Å²) in [5.74, 6) is 0.720. The lowest BCUT2D eigenvalue weighted by molar-refractivity contribution is -0.123. The fraction of sp³-hybridized carbons (Fsp3) is 0.259. The van der Waals surface area contributed by atoms with Gasteiger partial charge in [-0.15, -0.1) is 0 Å². The van der Waals surface area contributed by atoms with Gasteiger partial charge in [0.25, 0.3) is 0 Å². The molecule has 0 atom stereocenters. The summed E-state index contributed by atoms with van der Waals surface area (Å²) < 4.78 is 26.3. The molecule has 2 N–H and O–H groups in total. The minimum Gasteiger partial charge on any atom is -0.338 e. The summed E-state index contributed by atoms with van der Waals surface area (Å²) in [6, 6.07) is 25.1. The minimum atomic E-state index is -3.29. The average molecular weight is 489 g/mol. The molecule has 0 bridgehead atoms. The smallest absolute Gasteiger partial charge is 0.235 e. The number of benzene rings is 3. The van der Waals surface area contributed by atoms with Crippen LogP contribution in [0.5, 0.6) is 0 Å². The number of nitrogens with zero attached hydrogens (tertiary/aromatic N) is 2. The van der Waals surface area contributed by atoms with Crippen molar-refractivity contribution >= 4 is 32.7 Å². The summed E-state index contributed by atoms with van der Waals surface area (Å²) >= 11 is 0. The molecule has 5 rings (SSSR count). The molecule has 1 saturated heterocycles. The van der Waals surface area contributed by atoms with Crippen molar-refractivity contribution in [2.45, 2.75) is 25.2 Å². The Kier molecular flexibility index (Phi) is 6.17. The Labute approximate surface area is 205 Å². The number of aromatic amines is 1. The topological polar surface area (TPSA) is 95.2 Å². The summed E-state index contributed by atoms with van der Waals surface area (Å²) in [5.41, 5.74) is 3.61. The third kappa shape index (κ3) is 4.47. The van der Waals surface area contributed by atoms with Crippen LogP contribution in [0.1, 0.15) is 25.3 Å². The van der Waals surface area contributed by atoms with Gasteiger partial charge in [-0.1, -0.05) is 42.5 Å². The predicted molar refractivity (Wildman–Crippen MR) is 139 cm³/mol. The highest BCUT2D eigenvalue weighted by Crippen LogP contribution is 2.38. The second-order valence-electron chi connectivity index (χ2n) is 8.88. The molecule has 0 aliphatic carbocycles. The van der Waals surface area contributed by atoms with Crippen LogP contribution in [-0.2, 0) is 20.2 Å². The zero-order valence-corrected chi connectivity index (χ0v) is 20.4. The van der Waals surface area contributed by atoms with Crippen LogP contribution in [0.2, 0.25) is 0 Å². The number of anilines is 1. The van der Waals surface area contributed by atoms with E-state index < -0.39 is 15.4 Å². The Morgan fingerprint density at radius 2 is 1.63 bits per heavy atom. The maximum Gasteiger partial charge on any atom is 0.235 e. The number of fused-ring (bicyclic) bond motifs is 1. The van der Waals surface area contributed by atoms with Crippen LogP contribution in [0.25, 0.3) is 22.4 Å². The first-order valence-corrected chi connectivity index (χ1v) is 13.4. The largest absolute Gasteiger partial charge is 0.338 e.